The first kappa shape index (κ1) is 35.4. The lowest BCUT2D eigenvalue weighted by molar-refractivity contribution is -0.131. The van der Waals surface area contributed by atoms with Gasteiger partial charge in [0.2, 0.25) is 0 Å². The number of hydrogen-bond acceptors (Lipinski definition) is 15. The van der Waals surface area contributed by atoms with Crippen molar-refractivity contribution in [2.45, 2.75) is 48.8 Å². The smallest absolute Gasteiger partial charge is 0.111 e. The van der Waals surface area contributed by atoms with Crippen molar-refractivity contribution in [3.8, 4) is 0 Å². The second kappa shape index (κ2) is 21.3. The lowest BCUT2D eigenvalue weighted by Crippen LogP contribution is -2.53. The zero-order valence-electron chi connectivity index (χ0n) is 20.7. The third-order valence-electron chi connectivity index (χ3n) is 5.27. The highest BCUT2D eigenvalue weighted by Gasteiger charge is 2.34. The lowest BCUT2D eigenvalue weighted by Gasteiger charge is -2.33. The predicted octanol–water partition coefficient (Wildman–Crippen LogP) is -6.14. The summed E-state index contributed by atoms with van der Waals surface area (Å²) in [5, 5.41) is 97.1. The van der Waals surface area contributed by atoms with Crippen LogP contribution in [0.15, 0.2) is 0 Å². The van der Waals surface area contributed by atoms with E-state index in [1.165, 1.54) is 4.90 Å². The van der Waals surface area contributed by atoms with Crippen LogP contribution >= 0.6 is 0 Å². The summed E-state index contributed by atoms with van der Waals surface area (Å²) in [6, 6.07) is 0. The second-order valence-corrected chi connectivity index (χ2v) is 8.19. The van der Waals surface area contributed by atoms with E-state index in [0.29, 0.717) is 26.4 Å². The van der Waals surface area contributed by atoms with Crippen LogP contribution in [0, 0.1) is 0 Å². The normalized spacial score (nSPS) is 19.0. The van der Waals surface area contributed by atoms with E-state index in [4.69, 9.17) is 29.2 Å². The summed E-state index contributed by atoms with van der Waals surface area (Å²) < 4.78 is 20.9. The Morgan fingerprint density at radius 2 is 0.833 bits per heavy atom. The minimum Gasteiger partial charge on any atom is -0.394 e. The highest BCUT2D eigenvalue weighted by molar-refractivity contribution is 4.86. The number of aliphatic hydroxyl groups is 10. The number of methoxy groups -OCH3 is 1. The molecule has 0 aliphatic carbocycles. The van der Waals surface area contributed by atoms with Gasteiger partial charge in [-0.25, -0.2) is 0 Å². The largest absolute Gasteiger partial charge is 0.394 e. The number of nitrogens with zero attached hydrogens (tertiary/aromatic N) is 1. The Morgan fingerprint density at radius 3 is 1.19 bits per heavy atom. The van der Waals surface area contributed by atoms with Gasteiger partial charge in [-0.1, -0.05) is 0 Å². The molecule has 10 N–H and O–H groups in total. The van der Waals surface area contributed by atoms with Crippen molar-refractivity contribution in [1.82, 2.24) is 4.90 Å². The fourth-order valence-electron chi connectivity index (χ4n) is 3.01. The summed E-state index contributed by atoms with van der Waals surface area (Å²) in [5.74, 6) is 0. The van der Waals surface area contributed by atoms with Crippen LogP contribution in [0.4, 0.5) is 0 Å². The number of rotatable bonds is 24. The molecule has 0 spiro atoms. The fourth-order valence-corrected chi connectivity index (χ4v) is 3.01. The minimum absolute atomic E-state index is 0.0605. The van der Waals surface area contributed by atoms with Crippen molar-refractivity contribution < 1.29 is 70.0 Å². The van der Waals surface area contributed by atoms with Gasteiger partial charge in [0, 0.05) is 26.7 Å². The first-order chi connectivity index (χ1) is 17.1. The van der Waals surface area contributed by atoms with Crippen molar-refractivity contribution in [2.24, 2.45) is 0 Å². The molecule has 0 fully saturated rings. The maximum absolute atomic E-state index is 10.3. The second-order valence-electron chi connectivity index (χ2n) is 8.19. The van der Waals surface area contributed by atoms with E-state index in [9.17, 15) is 40.9 Å². The van der Waals surface area contributed by atoms with E-state index < -0.39 is 62.0 Å². The van der Waals surface area contributed by atoms with Crippen LogP contribution in [-0.2, 0) is 18.9 Å². The zero-order chi connectivity index (χ0) is 27.5. The highest BCUT2D eigenvalue weighted by atomic mass is 16.6. The van der Waals surface area contributed by atoms with Crippen LogP contribution in [0.1, 0.15) is 0 Å². The van der Waals surface area contributed by atoms with E-state index in [2.05, 4.69) is 0 Å². The molecule has 0 aromatic carbocycles. The van der Waals surface area contributed by atoms with E-state index in [0.717, 1.165) is 0 Å². The summed E-state index contributed by atoms with van der Waals surface area (Å²) in [5.41, 5.74) is 0. The molecule has 0 saturated heterocycles. The van der Waals surface area contributed by atoms with Gasteiger partial charge in [-0.2, -0.15) is 0 Å². The van der Waals surface area contributed by atoms with Crippen LogP contribution in [0.2, 0.25) is 0 Å². The molecule has 0 radical (unpaired) electrons. The Bertz CT molecular complexity index is 477. The van der Waals surface area contributed by atoms with Crippen molar-refractivity contribution in [3.05, 3.63) is 0 Å². The molecule has 0 bridgehead atoms. The van der Waals surface area contributed by atoms with Crippen molar-refractivity contribution in [1.29, 1.82) is 0 Å². The molecule has 0 amide bonds. The van der Waals surface area contributed by atoms with Crippen LogP contribution in [0.25, 0.3) is 0 Å². The SMILES string of the molecule is COCCOCCOCCOCCN(C[C@H](O)[C@@H](O)[C@H](O)[C@H](O)CO)C[C@H](O)[C@@H](O)[C@H](O)[C@H](O)CO. The van der Waals surface area contributed by atoms with Crippen LogP contribution in [-0.4, -0.2) is 191 Å². The van der Waals surface area contributed by atoms with Gasteiger partial charge < -0.3 is 70.0 Å². The predicted molar refractivity (Wildman–Crippen MR) is 123 cm³/mol. The molecule has 8 atom stereocenters. The number of aliphatic hydroxyl groups excluding tert-OH is 10. The maximum Gasteiger partial charge on any atom is 0.111 e. The molecule has 36 heavy (non-hydrogen) atoms. The average Bonchev–Trinajstić information content (AvgIpc) is 2.88. The standard InChI is InChI=1S/C21H45NO14/c1-33-4-5-35-8-9-36-7-6-34-3-2-22(10-14(25)18(29)20(31)16(27)12-23)11-15(26)19(30)21(32)17(28)13-24/h14-21,23-32H,2-13H2,1H3/t14-,15-,16+,17+,18+,19+,20+,21+/m0/s1. The van der Waals surface area contributed by atoms with Gasteiger partial charge in [0.25, 0.3) is 0 Å². The summed E-state index contributed by atoms with van der Waals surface area (Å²) in [7, 11) is 1.57. The number of ether oxygens (including phenoxy) is 4. The Morgan fingerprint density at radius 1 is 0.500 bits per heavy atom. The van der Waals surface area contributed by atoms with E-state index in [-0.39, 0.29) is 39.5 Å². The maximum atomic E-state index is 10.3. The van der Waals surface area contributed by atoms with Gasteiger partial charge in [-0.05, 0) is 0 Å². The van der Waals surface area contributed by atoms with Crippen LogP contribution < -0.4 is 0 Å². The van der Waals surface area contributed by atoms with Crippen LogP contribution in [0.3, 0.4) is 0 Å². The van der Waals surface area contributed by atoms with E-state index >= 15 is 0 Å². The van der Waals surface area contributed by atoms with E-state index in [1.54, 1.807) is 7.11 Å². The van der Waals surface area contributed by atoms with Gasteiger partial charge in [-0.15, -0.1) is 0 Å². The first-order valence-corrected chi connectivity index (χ1v) is 11.7. The molecular weight excluding hydrogens is 490 g/mol. The summed E-state index contributed by atoms with van der Waals surface area (Å²) >= 11 is 0. The van der Waals surface area contributed by atoms with E-state index in [1.807, 2.05) is 0 Å². The third kappa shape index (κ3) is 15.0. The molecule has 0 heterocycles. The molecule has 15 nitrogen and oxygen atoms in total. The van der Waals surface area contributed by atoms with Crippen molar-refractivity contribution in [3.63, 3.8) is 0 Å². The Kier molecular flexibility index (Phi) is 21.0. The molecular formula is C21H45NO14. The highest BCUT2D eigenvalue weighted by Crippen LogP contribution is 2.10. The van der Waals surface area contributed by atoms with Gasteiger partial charge in [-0.3, -0.25) is 4.90 Å². The molecule has 15 heteroatoms. The molecule has 0 aromatic heterocycles. The van der Waals surface area contributed by atoms with Crippen molar-refractivity contribution in [2.75, 3.05) is 86.2 Å². The molecule has 0 rings (SSSR count). The molecule has 0 unspecified atom stereocenters. The summed E-state index contributed by atoms with van der Waals surface area (Å²) in [4.78, 5) is 1.35. The van der Waals surface area contributed by atoms with Gasteiger partial charge in [0.1, 0.15) is 36.6 Å². The number of hydrogen-bond donors (Lipinski definition) is 10. The third-order valence-corrected chi connectivity index (χ3v) is 5.27. The summed E-state index contributed by atoms with van der Waals surface area (Å²) in [6.45, 7) is -0.110. The molecule has 0 aromatic rings. The van der Waals surface area contributed by atoms with Crippen molar-refractivity contribution >= 4 is 0 Å². The van der Waals surface area contributed by atoms with Crippen LogP contribution in [0.5, 0.6) is 0 Å². The Balaban J connectivity index is 4.74. The zero-order valence-corrected chi connectivity index (χ0v) is 20.7. The lowest BCUT2D eigenvalue weighted by atomic mass is 10.0. The summed E-state index contributed by atoms with van der Waals surface area (Å²) in [6.07, 6.45) is -14.1. The average molecular weight is 536 g/mol. The first-order valence-electron chi connectivity index (χ1n) is 11.7. The molecule has 218 valence electrons. The molecule has 0 aliphatic heterocycles. The Hall–Kier alpha value is -0.600. The molecule has 0 saturated carbocycles. The fraction of sp³-hybridized carbons (Fsp3) is 1.00. The molecule has 0 aliphatic rings. The quantitative estimate of drug-likeness (QED) is 0.0517. The van der Waals surface area contributed by atoms with Gasteiger partial charge in [0.05, 0.1) is 71.7 Å². The monoisotopic (exact) mass is 535 g/mol. The topological polar surface area (TPSA) is 242 Å². The minimum atomic E-state index is -1.85. The van der Waals surface area contributed by atoms with Gasteiger partial charge in [0.15, 0.2) is 0 Å². The Labute approximate surface area is 210 Å². The van der Waals surface area contributed by atoms with Gasteiger partial charge >= 0.3 is 0 Å².